The molecule has 0 radical (unpaired) electrons. The van der Waals surface area contributed by atoms with Gasteiger partial charge in [-0.2, -0.15) is 18.0 Å². The first-order valence-electron chi connectivity index (χ1n) is 9.09. The van der Waals surface area contributed by atoms with E-state index in [2.05, 4.69) is 25.7 Å². The van der Waals surface area contributed by atoms with Crippen molar-refractivity contribution >= 4 is 11.9 Å². The Morgan fingerprint density at radius 3 is 2.45 bits per heavy atom. The van der Waals surface area contributed by atoms with Crippen molar-refractivity contribution in [2.24, 2.45) is 7.05 Å². The molecule has 15 heteroatoms. The molecule has 2 heterocycles. The Balaban J connectivity index is 1.79. The summed E-state index contributed by atoms with van der Waals surface area (Å²) >= 11 is 0. The number of amides is 3. The lowest BCUT2D eigenvalue weighted by Gasteiger charge is -2.16. The number of alkyl halides is 3. The summed E-state index contributed by atoms with van der Waals surface area (Å²) in [5, 5.41) is 13.5. The molecule has 3 rings (SSSR count). The quantitative estimate of drug-likeness (QED) is 0.396. The number of nitrogens with zero attached hydrogens (tertiary/aromatic N) is 5. The van der Waals surface area contributed by atoms with Crippen LogP contribution in [0.25, 0.3) is 22.5 Å². The number of rotatable bonds is 4. The molecule has 1 unspecified atom stereocenters. The Labute approximate surface area is 182 Å². The number of nitrogens with one attached hydrogen (secondary N) is 3. The zero-order valence-corrected chi connectivity index (χ0v) is 16.9. The number of halogens is 5. The molecule has 1 atom stereocenters. The monoisotopic (exact) mass is 470 g/mol. The van der Waals surface area contributed by atoms with Crippen molar-refractivity contribution in [3.05, 3.63) is 47.8 Å². The number of benzene rings is 1. The van der Waals surface area contributed by atoms with Crippen molar-refractivity contribution in [3.63, 3.8) is 0 Å². The first-order valence-corrected chi connectivity index (χ1v) is 9.09. The lowest BCUT2D eigenvalue weighted by atomic mass is 9.99. The number of pyridine rings is 1. The number of tetrazole rings is 1. The second-order valence-corrected chi connectivity index (χ2v) is 6.63. The number of urea groups is 1. The van der Waals surface area contributed by atoms with Crippen LogP contribution in [0.1, 0.15) is 18.7 Å². The van der Waals surface area contributed by atoms with Crippen molar-refractivity contribution < 1.29 is 31.5 Å². The summed E-state index contributed by atoms with van der Waals surface area (Å²) in [6.07, 6.45) is -3.98. The van der Waals surface area contributed by atoms with Crippen LogP contribution in [0.4, 0.5) is 26.7 Å². The Hall–Kier alpha value is -4.17. The molecule has 174 valence electrons. The summed E-state index contributed by atoms with van der Waals surface area (Å²) in [6.45, 7) is 1.31. The molecule has 0 saturated carbocycles. The maximum Gasteiger partial charge on any atom is 0.472 e. The van der Waals surface area contributed by atoms with Crippen molar-refractivity contribution in [3.8, 4) is 22.5 Å². The number of carbonyl (C=O) groups excluding carboxylic acids is 2. The second kappa shape index (κ2) is 9.13. The number of carbonyl (C=O) groups is 2. The fraction of sp³-hybridized carbons (Fsp3) is 0.222. The van der Waals surface area contributed by atoms with E-state index in [1.807, 2.05) is 0 Å². The molecule has 0 aliphatic carbocycles. The van der Waals surface area contributed by atoms with Crippen LogP contribution in [0, 0.1) is 11.6 Å². The third kappa shape index (κ3) is 5.36. The summed E-state index contributed by atoms with van der Waals surface area (Å²) in [5.74, 6) is -3.97. The number of hydrazine groups is 1. The van der Waals surface area contributed by atoms with Crippen molar-refractivity contribution in [1.82, 2.24) is 41.4 Å². The van der Waals surface area contributed by atoms with Crippen LogP contribution in [-0.2, 0) is 11.8 Å². The van der Waals surface area contributed by atoms with Crippen LogP contribution in [0.5, 0.6) is 0 Å². The van der Waals surface area contributed by atoms with Crippen LogP contribution < -0.4 is 16.2 Å². The Bertz CT molecular complexity index is 1200. The number of hydrogen-bond donors (Lipinski definition) is 3. The summed E-state index contributed by atoms with van der Waals surface area (Å²) in [5.41, 5.74) is 2.78. The van der Waals surface area contributed by atoms with Gasteiger partial charge in [-0.15, -0.1) is 10.2 Å². The minimum absolute atomic E-state index is 0.0227. The van der Waals surface area contributed by atoms with Gasteiger partial charge in [-0.1, -0.05) is 12.1 Å². The van der Waals surface area contributed by atoms with Gasteiger partial charge >= 0.3 is 18.1 Å². The maximum absolute atomic E-state index is 14.8. The topological polar surface area (TPSA) is 127 Å². The predicted molar refractivity (Wildman–Crippen MR) is 102 cm³/mol. The first kappa shape index (κ1) is 23.5. The molecule has 0 bridgehead atoms. The third-order valence-electron chi connectivity index (χ3n) is 4.23. The number of hydrogen-bond acceptors (Lipinski definition) is 6. The molecule has 0 spiro atoms. The molecule has 33 heavy (non-hydrogen) atoms. The lowest BCUT2D eigenvalue weighted by molar-refractivity contribution is -0.174. The average molecular weight is 470 g/mol. The van der Waals surface area contributed by atoms with Gasteiger partial charge in [0.05, 0.1) is 24.3 Å². The standard InChI is InChI=1S/C18H15F5N8O2/c1-8(25-17(33)28-27-16(32)18(21,22)23)14-12(20)6-9(7-24-14)10-4-3-5-11(19)13(10)15-26-30-31(2)29-15/h3-8H,1-2H3,(H,27,32)(H2,25,28,33). The largest absolute Gasteiger partial charge is 0.472 e. The van der Waals surface area contributed by atoms with Gasteiger partial charge in [0, 0.05) is 11.8 Å². The van der Waals surface area contributed by atoms with Gasteiger partial charge in [0.15, 0.2) is 0 Å². The van der Waals surface area contributed by atoms with Gasteiger partial charge in [0.25, 0.3) is 0 Å². The Morgan fingerprint density at radius 1 is 1.12 bits per heavy atom. The summed E-state index contributed by atoms with van der Waals surface area (Å²) < 4.78 is 65.7. The van der Waals surface area contributed by atoms with E-state index in [0.29, 0.717) is 0 Å². The molecule has 1 aromatic carbocycles. The van der Waals surface area contributed by atoms with E-state index < -0.39 is 35.8 Å². The summed E-state index contributed by atoms with van der Waals surface area (Å²) in [7, 11) is 1.49. The highest BCUT2D eigenvalue weighted by molar-refractivity contribution is 5.85. The minimum atomic E-state index is -5.20. The molecular weight excluding hydrogens is 455 g/mol. The fourth-order valence-electron chi connectivity index (χ4n) is 2.78. The molecule has 0 fully saturated rings. The van der Waals surface area contributed by atoms with Crippen molar-refractivity contribution in [1.29, 1.82) is 0 Å². The molecular formula is C18H15F5N8O2. The second-order valence-electron chi connectivity index (χ2n) is 6.63. The fourth-order valence-corrected chi connectivity index (χ4v) is 2.78. The van der Waals surface area contributed by atoms with Crippen LogP contribution in [0.3, 0.4) is 0 Å². The molecule has 3 aromatic rings. The van der Waals surface area contributed by atoms with Gasteiger partial charge < -0.3 is 5.32 Å². The van der Waals surface area contributed by atoms with Gasteiger partial charge in [-0.25, -0.2) is 19.0 Å². The average Bonchev–Trinajstić information content (AvgIpc) is 3.16. The minimum Gasteiger partial charge on any atom is -0.329 e. The first-order chi connectivity index (χ1) is 15.5. The highest BCUT2D eigenvalue weighted by Crippen LogP contribution is 2.33. The lowest BCUT2D eigenvalue weighted by Crippen LogP contribution is -2.51. The third-order valence-corrected chi connectivity index (χ3v) is 4.23. The molecule has 0 aliphatic heterocycles. The van der Waals surface area contributed by atoms with Crippen LogP contribution in [0.15, 0.2) is 30.5 Å². The number of aryl methyl sites for hydroxylation is 1. The zero-order chi connectivity index (χ0) is 24.3. The van der Waals surface area contributed by atoms with Crippen molar-refractivity contribution in [2.45, 2.75) is 19.1 Å². The molecule has 10 nitrogen and oxygen atoms in total. The van der Waals surface area contributed by atoms with Gasteiger partial charge in [-0.3, -0.25) is 15.2 Å². The molecule has 3 N–H and O–H groups in total. The van der Waals surface area contributed by atoms with Gasteiger partial charge in [-0.05, 0) is 29.8 Å². The van der Waals surface area contributed by atoms with E-state index in [0.717, 1.165) is 16.3 Å². The normalized spacial score (nSPS) is 12.2. The van der Waals surface area contributed by atoms with Crippen LogP contribution in [-0.4, -0.2) is 43.3 Å². The highest BCUT2D eigenvalue weighted by atomic mass is 19.4. The van der Waals surface area contributed by atoms with E-state index in [1.54, 1.807) is 0 Å². The smallest absolute Gasteiger partial charge is 0.329 e. The van der Waals surface area contributed by atoms with E-state index in [4.69, 9.17) is 0 Å². The Morgan fingerprint density at radius 2 is 1.85 bits per heavy atom. The van der Waals surface area contributed by atoms with E-state index >= 15 is 0 Å². The molecule has 0 aliphatic rings. The van der Waals surface area contributed by atoms with Crippen LogP contribution in [0.2, 0.25) is 0 Å². The number of aromatic nitrogens is 5. The van der Waals surface area contributed by atoms with Gasteiger partial charge in [0.1, 0.15) is 11.6 Å². The molecule has 0 saturated heterocycles. The zero-order valence-electron chi connectivity index (χ0n) is 16.9. The maximum atomic E-state index is 14.8. The van der Waals surface area contributed by atoms with Crippen LogP contribution >= 0.6 is 0 Å². The molecule has 3 amide bonds. The van der Waals surface area contributed by atoms with Gasteiger partial charge in [0.2, 0.25) is 5.82 Å². The van der Waals surface area contributed by atoms with E-state index in [-0.39, 0.29) is 28.2 Å². The van der Waals surface area contributed by atoms with E-state index in [1.165, 1.54) is 43.8 Å². The summed E-state index contributed by atoms with van der Waals surface area (Å²) in [6, 6.07) is 2.79. The summed E-state index contributed by atoms with van der Waals surface area (Å²) in [4.78, 5) is 27.5. The molecule has 2 aromatic heterocycles. The Kier molecular flexibility index (Phi) is 6.50. The highest BCUT2D eigenvalue weighted by Gasteiger charge is 2.39. The van der Waals surface area contributed by atoms with Crippen molar-refractivity contribution in [2.75, 3.05) is 0 Å². The predicted octanol–water partition coefficient (Wildman–Crippen LogP) is 2.17. The SMILES string of the molecule is CC(NC(=O)NNC(=O)C(F)(F)F)c1ncc(-c2cccc(F)c2-c2nnn(C)n2)cc1F. The van der Waals surface area contributed by atoms with E-state index in [9.17, 15) is 31.5 Å².